The van der Waals surface area contributed by atoms with Gasteiger partial charge in [-0.3, -0.25) is 4.79 Å². The summed E-state index contributed by atoms with van der Waals surface area (Å²) < 4.78 is 17.3. The van der Waals surface area contributed by atoms with E-state index in [1.165, 1.54) is 0 Å². The zero-order chi connectivity index (χ0) is 20.9. The van der Waals surface area contributed by atoms with Gasteiger partial charge in [-0.25, -0.2) is 0 Å². The predicted octanol–water partition coefficient (Wildman–Crippen LogP) is 4.44. The number of amides is 1. The molecule has 1 atom stereocenters. The van der Waals surface area contributed by atoms with Crippen LogP contribution in [0.15, 0.2) is 0 Å². The molecule has 0 radical (unpaired) electrons. The first-order chi connectivity index (χ1) is 12.6. The number of carbonyl (C=O) groups excluding carboxylic acids is 1. The molecule has 0 spiro atoms. The van der Waals surface area contributed by atoms with E-state index in [4.69, 9.17) is 14.2 Å². The lowest BCUT2D eigenvalue weighted by molar-refractivity contribution is -0.125. The summed E-state index contributed by atoms with van der Waals surface area (Å²) in [6.07, 6.45) is 2.40. The van der Waals surface area contributed by atoms with Crippen LogP contribution in [-0.4, -0.2) is 51.1 Å². The Morgan fingerprint density at radius 1 is 0.926 bits per heavy atom. The molecule has 0 saturated carbocycles. The van der Waals surface area contributed by atoms with Gasteiger partial charge in [-0.05, 0) is 30.6 Å². The third-order valence-electron chi connectivity index (χ3n) is 4.52. The van der Waals surface area contributed by atoms with Crippen molar-refractivity contribution in [3.05, 3.63) is 0 Å². The zero-order valence-electron chi connectivity index (χ0n) is 19.1. The first-order valence-electron chi connectivity index (χ1n) is 10.6. The standard InChI is InChI=1S/C22H45NO4/c1-9-22(7,8)10-11-27-19(6)12-21(24)23-20(15-25-13-17(2)3)16-26-14-18(4)5/h17-20H,9-16H2,1-8H3,(H,23,24). The average Bonchev–Trinajstić information content (AvgIpc) is 2.53. The largest absolute Gasteiger partial charge is 0.379 e. The second-order valence-electron chi connectivity index (χ2n) is 9.28. The van der Waals surface area contributed by atoms with E-state index in [2.05, 4.69) is 53.8 Å². The molecule has 5 heteroatoms. The van der Waals surface area contributed by atoms with Gasteiger partial charge in [0, 0.05) is 19.8 Å². The maximum atomic E-state index is 12.4. The molecule has 0 fully saturated rings. The topological polar surface area (TPSA) is 56.8 Å². The van der Waals surface area contributed by atoms with E-state index in [0.717, 1.165) is 12.8 Å². The Labute approximate surface area is 167 Å². The van der Waals surface area contributed by atoms with Gasteiger partial charge in [0.2, 0.25) is 5.91 Å². The van der Waals surface area contributed by atoms with Crippen molar-refractivity contribution >= 4 is 5.91 Å². The van der Waals surface area contributed by atoms with Crippen LogP contribution in [-0.2, 0) is 19.0 Å². The van der Waals surface area contributed by atoms with Gasteiger partial charge < -0.3 is 19.5 Å². The quantitative estimate of drug-likeness (QED) is 0.425. The van der Waals surface area contributed by atoms with Crippen LogP contribution in [0.2, 0.25) is 0 Å². The van der Waals surface area contributed by atoms with Crippen molar-refractivity contribution in [2.75, 3.05) is 33.0 Å². The molecule has 1 N–H and O–H groups in total. The van der Waals surface area contributed by atoms with Crippen molar-refractivity contribution in [2.24, 2.45) is 17.3 Å². The molecule has 0 aliphatic heterocycles. The summed E-state index contributed by atoms with van der Waals surface area (Å²) in [5, 5.41) is 3.04. The second kappa shape index (κ2) is 14.4. The van der Waals surface area contributed by atoms with Crippen LogP contribution in [0.3, 0.4) is 0 Å². The smallest absolute Gasteiger partial charge is 0.222 e. The lowest BCUT2D eigenvalue weighted by atomic mass is 9.87. The van der Waals surface area contributed by atoms with Crippen molar-refractivity contribution in [1.29, 1.82) is 0 Å². The van der Waals surface area contributed by atoms with Crippen LogP contribution >= 0.6 is 0 Å². The third-order valence-corrected chi connectivity index (χ3v) is 4.52. The molecule has 5 nitrogen and oxygen atoms in total. The van der Waals surface area contributed by atoms with E-state index in [0.29, 0.717) is 51.3 Å². The molecule has 1 amide bonds. The lowest BCUT2D eigenvalue weighted by Crippen LogP contribution is -2.43. The third kappa shape index (κ3) is 16.0. The molecule has 0 heterocycles. The Bertz CT molecular complexity index is 369. The normalized spacial score (nSPS) is 13.6. The minimum atomic E-state index is -0.124. The summed E-state index contributed by atoms with van der Waals surface area (Å²) >= 11 is 0. The van der Waals surface area contributed by atoms with Crippen LogP contribution in [0.1, 0.15) is 74.7 Å². The molecule has 0 rings (SSSR count). The molecule has 0 bridgehead atoms. The van der Waals surface area contributed by atoms with E-state index in [1.54, 1.807) is 0 Å². The second-order valence-corrected chi connectivity index (χ2v) is 9.28. The fraction of sp³-hybridized carbons (Fsp3) is 0.955. The Hall–Kier alpha value is -0.650. The fourth-order valence-electron chi connectivity index (χ4n) is 2.34. The minimum absolute atomic E-state index is 0.0106. The van der Waals surface area contributed by atoms with Gasteiger partial charge >= 0.3 is 0 Å². The lowest BCUT2D eigenvalue weighted by Gasteiger charge is -2.24. The highest BCUT2D eigenvalue weighted by Crippen LogP contribution is 2.24. The van der Waals surface area contributed by atoms with E-state index in [1.807, 2.05) is 6.92 Å². The first-order valence-corrected chi connectivity index (χ1v) is 10.6. The predicted molar refractivity (Wildman–Crippen MR) is 112 cm³/mol. The molecular weight excluding hydrogens is 342 g/mol. The number of hydrogen-bond donors (Lipinski definition) is 1. The molecule has 1 unspecified atom stereocenters. The Kier molecular flexibility index (Phi) is 14.0. The Morgan fingerprint density at radius 3 is 1.89 bits per heavy atom. The van der Waals surface area contributed by atoms with Crippen molar-refractivity contribution in [1.82, 2.24) is 5.32 Å². The summed E-state index contributed by atoms with van der Waals surface area (Å²) in [5.41, 5.74) is 0.286. The minimum Gasteiger partial charge on any atom is -0.379 e. The van der Waals surface area contributed by atoms with Crippen LogP contribution in [0.25, 0.3) is 0 Å². The zero-order valence-corrected chi connectivity index (χ0v) is 19.1. The highest BCUT2D eigenvalue weighted by molar-refractivity contribution is 5.76. The van der Waals surface area contributed by atoms with E-state index >= 15 is 0 Å². The van der Waals surface area contributed by atoms with Gasteiger partial charge in [0.25, 0.3) is 0 Å². The fourth-order valence-corrected chi connectivity index (χ4v) is 2.34. The van der Waals surface area contributed by atoms with Crippen LogP contribution < -0.4 is 5.32 Å². The van der Waals surface area contributed by atoms with E-state index in [-0.39, 0.29) is 23.5 Å². The molecule has 0 aromatic heterocycles. The number of ether oxygens (including phenoxy) is 3. The van der Waals surface area contributed by atoms with Crippen molar-refractivity contribution in [3.63, 3.8) is 0 Å². The molecule has 0 aliphatic carbocycles. The summed E-state index contributed by atoms with van der Waals surface area (Å²) in [4.78, 5) is 12.4. The number of hydrogen-bond acceptors (Lipinski definition) is 4. The van der Waals surface area contributed by atoms with Crippen LogP contribution in [0.5, 0.6) is 0 Å². The monoisotopic (exact) mass is 387 g/mol. The van der Waals surface area contributed by atoms with Crippen LogP contribution in [0, 0.1) is 17.3 Å². The number of nitrogens with one attached hydrogen (secondary N) is 1. The molecule has 0 saturated heterocycles. The maximum absolute atomic E-state index is 12.4. The SMILES string of the molecule is CCC(C)(C)CCOC(C)CC(=O)NC(COCC(C)C)COCC(C)C. The van der Waals surface area contributed by atoms with Gasteiger partial charge in [0.15, 0.2) is 0 Å². The van der Waals surface area contributed by atoms with Crippen molar-refractivity contribution < 1.29 is 19.0 Å². The summed E-state index contributed by atoms with van der Waals surface area (Å²) in [5.74, 6) is 0.931. The van der Waals surface area contributed by atoms with E-state index in [9.17, 15) is 4.79 Å². The highest BCUT2D eigenvalue weighted by atomic mass is 16.5. The summed E-state index contributed by atoms with van der Waals surface area (Å²) in [7, 11) is 0. The summed E-state index contributed by atoms with van der Waals surface area (Å²) in [6.45, 7) is 20.1. The molecule has 27 heavy (non-hydrogen) atoms. The molecule has 0 aliphatic rings. The van der Waals surface area contributed by atoms with Gasteiger partial charge in [-0.1, -0.05) is 54.9 Å². The molecule has 0 aromatic rings. The molecule has 0 aromatic carbocycles. The van der Waals surface area contributed by atoms with Gasteiger partial charge in [-0.15, -0.1) is 0 Å². The van der Waals surface area contributed by atoms with Crippen LogP contribution in [0.4, 0.5) is 0 Å². The number of rotatable bonds is 16. The van der Waals surface area contributed by atoms with Crippen molar-refractivity contribution in [2.45, 2.75) is 86.8 Å². The van der Waals surface area contributed by atoms with Gasteiger partial charge in [-0.2, -0.15) is 0 Å². The molecule has 162 valence electrons. The van der Waals surface area contributed by atoms with Gasteiger partial charge in [0.1, 0.15) is 0 Å². The Morgan fingerprint density at radius 2 is 1.44 bits per heavy atom. The van der Waals surface area contributed by atoms with Gasteiger partial charge in [0.05, 0.1) is 31.8 Å². The highest BCUT2D eigenvalue weighted by Gasteiger charge is 2.18. The van der Waals surface area contributed by atoms with E-state index < -0.39 is 0 Å². The Balaban J connectivity index is 4.29. The first kappa shape index (κ1) is 26.4. The maximum Gasteiger partial charge on any atom is 0.222 e. The molecular formula is C22H45NO4. The summed E-state index contributed by atoms with van der Waals surface area (Å²) in [6, 6.07) is -0.124. The number of carbonyl (C=O) groups is 1. The van der Waals surface area contributed by atoms with Crippen molar-refractivity contribution in [3.8, 4) is 0 Å². The average molecular weight is 388 g/mol.